The zero-order chi connectivity index (χ0) is 24.9. The van der Waals surface area contributed by atoms with Gasteiger partial charge in [0.05, 0.1) is 34.3 Å². The number of nitrogens with zero attached hydrogens (tertiary/aromatic N) is 3. The van der Waals surface area contributed by atoms with Crippen LogP contribution in [0.2, 0.25) is 0 Å². The predicted molar refractivity (Wildman–Crippen MR) is 150 cm³/mol. The van der Waals surface area contributed by atoms with E-state index in [4.69, 9.17) is 0 Å². The second kappa shape index (κ2) is 8.09. The summed E-state index contributed by atoms with van der Waals surface area (Å²) in [6.07, 6.45) is 0. The highest BCUT2D eigenvalue weighted by Crippen LogP contribution is 2.45. The average molecular weight is 470 g/mol. The van der Waals surface area contributed by atoms with E-state index < -0.39 is 0 Å². The van der Waals surface area contributed by atoms with Crippen LogP contribution < -0.4 is 0 Å². The largest absolute Gasteiger partial charge is 0.309 e. The van der Waals surface area contributed by atoms with Crippen LogP contribution in [0.5, 0.6) is 0 Å². The third-order valence-electron chi connectivity index (χ3n) is 7.26. The van der Waals surface area contributed by atoms with Crippen molar-refractivity contribution in [2.75, 3.05) is 0 Å². The maximum absolute atomic E-state index is 9.25. The lowest BCUT2D eigenvalue weighted by Crippen LogP contribution is -1.93. The smallest absolute Gasteiger partial charge is 0.0991 e. The number of hydrogen-bond donors (Lipinski definition) is 0. The van der Waals surface area contributed by atoms with Crippen molar-refractivity contribution in [1.29, 1.82) is 10.5 Å². The number of benzene rings is 6. The zero-order valence-electron chi connectivity index (χ0n) is 19.8. The third-order valence-corrected chi connectivity index (χ3v) is 7.26. The molecule has 6 aromatic carbocycles. The Morgan fingerprint density at radius 1 is 0.459 bits per heavy atom. The summed E-state index contributed by atoms with van der Waals surface area (Å²) in [5.74, 6) is 0. The molecule has 0 amide bonds. The third kappa shape index (κ3) is 3.12. The molecule has 7 aromatic rings. The molecular formula is C34H19N3. The lowest BCUT2D eigenvalue weighted by Gasteiger charge is -2.11. The molecule has 0 fully saturated rings. The molecule has 170 valence electrons. The summed E-state index contributed by atoms with van der Waals surface area (Å²) < 4.78 is 2.34. The first-order chi connectivity index (χ1) is 18.3. The van der Waals surface area contributed by atoms with E-state index in [0.29, 0.717) is 11.1 Å². The van der Waals surface area contributed by atoms with Crippen LogP contribution in [-0.4, -0.2) is 4.57 Å². The van der Waals surface area contributed by atoms with Crippen molar-refractivity contribution in [3.8, 4) is 40.1 Å². The van der Waals surface area contributed by atoms with Crippen LogP contribution in [0, 0.1) is 22.7 Å². The molecule has 7 rings (SSSR count). The standard InChI is InChI=1S/C34H19N3/c35-20-22-6-10-24(11-7-22)27-16-18-31-33-29(27)14-15-30-28(25-12-8-23(21-36)9-13-25)17-19-32(34(30)33)37(31)26-4-2-1-3-5-26/h1-19H. The Hall–Kier alpha value is -5.38. The molecule has 37 heavy (non-hydrogen) atoms. The predicted octanol–water partition coefficient (Wildman–Crippen LogP) is 8.45. The Morgan fingerprint density at radius 3 is 1.35 bits per heavy atom. The molecule has 0 saturated carbocycles. The number of para-hydroxylation sites is 1. The van der Waals surface area contributed by atoms with Crippen molar-refractivity contribution in [3.05, 3.63) is 126 Å². The highest BCUT2D eigenvalue weighted by Gasteiger charge is 2.20. The van der Waals surface area contributed by atoms with Gasteiger partial charge in [-0.05, 0) is 81.6 Å². The van der Waals surface area contributed by atoms with Gasteiger partial charge < -0.3 is 4.57 Å². The fraction of sp³-hybridized carbons (Fsp3) is 0. The van der Waals surface area contributed by atoms with Gasteiger partial charge >= 0.3 is 0 Å². The Kier molecular flexibility index (Phi) is 4.58. The quantitative estimate of drug-likeness (QED) is 0.244. The van der Waals surface area contributed by atoms with Crippen LogP contribution in [-0.2, 0) is 0 Å². The zero-order valence-corrected chi connectivity index (χ0v) is 19.8. The van der Waals surface area contributed by atoms with Crippen molar-refractivity contribution in [1.82, 2.24) is 4.57 Å². The highest BCUT2D eigenvalue weighted by molar-refractivity contribution is 6.28. The van der Waals surface area contributed by atoms with E-state index in [1.54, 1.807) is 0 Å². The first-order valence-electron chi connectivity index (χ1n) is 12.2. The van der Waals surface area contributed by atoms with E-state index >= 15 is 0 Å². The fourth-order valence-electron chi connectivity index (χ4n) is 5.56. The van der Waals surface area contributed by atoms with Crippen LogP contribution in [0.4, 0.5) is 0 Å². The van der Waals surface area contributed by atoms with Gasteiger partial charge in [0.15, 0.2) is 0 Å². The van der Waals surface area contributed by atoms with Crippen molar-refractivity contribution >= 4 is 32.6 Å². The first-order valence-corrected chi connectivity index (χ1v) is 12.2. The minimum Gasteiger partial charge on any atom is -0.309 e. The molecule has 0 N–H and O–H groups in total. The second-order valence-corrected chi connectivity index (χ2v) is 9.22. The van der Waals surface area contributed by atoms with E-state index in [9.17, 15) is 10.5 Å². The molecular weight excluding hydrogens is 450 g/mol. The minimum absolute atomic E-state index is 0.657. The summed E-state index contributed by atoms with van der Waals surface area (Å²) in [7, 11) is 0. The van der Waals surface area contributed by atoms with E-state index in [1.807, 2.05) is 54.6 Å². The summed E-state index contributed by atoms with van der Waals surface area (Å²) in [5, 5.41) is 23.3. The molecule has 0 saturated heterocycles. The molecule has 1 heterocycles. The van der Waals surface area contributed by atoms with Crippen molar-refractivity contribution in [3.63, 3.8) is 0 Å². The van der Waals surface area contributed by atoms with Crippen LogP contribution in [0.1, 0.15) is 11.1 Å². The van der Waals surface area contributed by atoms with Gasteiger partial charge in [-0.1, -0.05) is 66.7 Å². The lowest BCUT2D eigenvalue weighted by atomic mass is 9.91. The monoisotopic (exact) mass is 469 g/mol. The molecule has 0 aliphatic carbocycles. The minimum atomic E-state index is 0.657. The van der Waals surface area contributed by atoms with Crippen LogP contribution in [0.25, 0.3) is 60.5 Å². The maximum atomic E-state index is 9.25. The molecule has 0 aliphatic rings. The summed E-state index contributed by atoms with van der Waals surface area (Å²) in [5.41, 5.74) is 9.24. The number of aromatic nitrogens is 1. The molecule has 0 unspecified atom stereocenters. The Balaban J connectivity index is 1.58. The molecule has 0 spiro atoms. The van der Waals surface area contributed by atoms with E-state index in [-0.39, 0.29) is 0 Å². The van der Waals surface area contributed by atoms with Crippen LogP contribution >= 0.6 is 0 Å². The second-order valence-electron chi connectivity index (χ2n) is 9.22. The Bertz CT molecular complexity index is 1890. The summed E-state index contributed by atoms with van der Waals surface area (Å²) in [6.45, 7) is 0. The van der Waals surface area contributed by atoms with Crippen molar-refractivity contribution < 1.29 is 0 Å². The van der Waals surface area contributed by atoms with Crippen molar-refractivity contribution in [2.24, 2.45) is 0 Å². The molecule has 1 aromatic heterocycles. The normalized spacial score (nSPS) is 11.2. The van der Waals surface area contributed by atoms with E-state index in [1.165, 1.54) is 21.5 Å². The van der Waals surface area contributed by atoms with Gasteiger partial charge in [-0.25, -0.2) is 0 Å². The van der Waals surface area contributed by atoms with Gasteiger partial charge in [0.2, 0.25) is 0 Å². The van der Waals surface area contributed by atoms with Gasteiger partial charge in [-0.15, -0.1) is 0 Å². The molecule has 3 heteroatoms. The van der Waals surface area contributed by atoms with Gasteiger partial charge in [0.25, 0.3) is 0 Å². The van der Waals surface area contributed by atoms with Gasteiger partial charge in [0.1, 0.15) is 0 Å². The topological polar surface area (TPSA) is 52.5 Å². The maximum Gasteiger partial charge on any atom is 0.0991 e. The highest BCUT2D eigenvalue weighted by atomic mass is 15.0. The molecule has 0 bridgehead atoms. The number of hydrogen-bond acceptors (Lipinski definition) is 2. The van der Waals surface area contributed by atoms with Crippen LogP contribution in [0.3, 0.4) is 0 Å². The Labute approximate surface area is 214 Å². The first kappa shape index (κ1) is 20.9. The Morgan fingerprint density at radius 2 is 0.919 bits per heavy atom. The molecule has 0 aliphatic heterocycles. The molecule has 0 radical (unpaired) electrons. The van der Waals surface area contributed by atoms with Crippen molar-refractivity contribution in [2.45, 2.75) is 0 Å². The number of nitriles is 2. The van der Waals surface area contributed by atoms with E-state index in [0.717, 1.165) is 39.0 Å². The SMILES string of the molecule is N#Cc1ccc(-c2ccc3c4c2ccc2c(-c5ccc(C#N)cc5)ccc(c24)n3-c2ccccc2)cc1. The van der Waals surface area contributed by atoms with Gasteiger partial charge in [0, 0.05) is 16.5 Å². The fourth-order valence-corrected chi connectivity index (χ4v) is 5.56. The van der Waals surface area contributed by atoms with E-state index in [2.05, 4.69) is 77.4 Å². The molecule has 0 atom stereocenters. The van der Waals surface area contributed by atoms with Crippen LogP contribution in [0.15, 0.2) is 115 Å². The summed E-state index contributed by atoms with van der Waals surface area (Å²) >= 11 is 0. The lowest BCUT2D eigenvalue weighted by molar-refractivity contribution is 1.18. The number of rotatable bonds is 3. The molecule has 3 nitrogen and oxygen atoms in total. The summed E-state index contributed by atoms with van der Waals surface area (Å²) in [6, 6.07) is 43.8. The average Bonchev–Trinajstić information content (AvgIpc) is 3.32. The van der Waals surface area contributed by atoms with Gasteiger partial charge in [-0.2, -0.15) is 10.5 Å². The summed E-state index contributed by atoms with van der Waals surface area (Å²) in [4.78, 5) is 0. The van der Waals surface area contributed by atoms with Gasteiger partial charge in [-0.3, -0.25) is 0 Å².